The normalized spacial score (nSPS) is 18.8. The maximum atomic E-state index is 15.7. The van der Waals surface area contributed by atoms with Crippen molar-refractivity contribution < 1.29 is 14.3 Å². The minimum Gasteiger partial charge on any atom is -0.478 e. The average Bonchev–Trinajstić information content (AvgIpc) is 3.20. The maximum absolute atomic E-state index is 15.7. The third-order valence-corrected chi connectivity index (χ3v) is 9.08. The Kier molecular flexibility index (Phi) is 7.00. The summed E-state index contributed by atoms with van der Waals surface area (Å²) in [5, 5.41) is 10.9. The number of anilines is 1. The molecule has 0 bridgehead atoms. The van der Waals surface area contributed by atoms with Gasteiger partial charge in [0, 0.05) is 48.3 Å². The lowest BCUT2D eigenvalue weighted by Crippen LogP contribution is -2.32. The summed E-state index contributed by atoms with van der Waals surface area (Å²) in [4.78, 5) is 16.5. The third kappa shape index (κ3) is 4.53. The van der Waals surface area contributed by atoms with Crippen LogP contribution in [-0.4, -0.2) is 53.3 Å². The Morgan fingerprint density at radius 2 is 1.76 bits per heavy atom. The molecule has 1 aliphatic carbocycles. The molecule has 0 amide bonds. The fourth-order valence-electron chi connectivity index (χ4n) is 6.98. The van der Waals surface area contributed by atoms with E-state index in [2.05, 4.69) is 45.6 Å². The number of piperidine rings is 1. The number of halogens is 1. The van der Waals surface area contributed by atoms with Crippen LogP contribution in [0.4, 0.5) is 10.1 Å². The molecule has 6 rings (SSSR count). The van der Waals surface area contributed by atoms with Gasteiger partial charge in [-0.1, -0.05) is 50.5 Å². The minimum absolute atomic E-state index is 0.0210. The zero-order valence-corrected chi connectivity index (χ0v) is 22.4. The van der Waals surface area contributed by atoms with Crippen LogP contribution in [0.25, 0.3) is 22.2 Å². The number of carbonyl (C=O) groups is 1. The van der Waals surface area contributed by atoms with Crippen LogP contribution in [-0.2, 0) is 6.54 Å². The van der Waals surface area contributed by atoms with Gasteiger partial charge in [0.05, 0.1) is 17.8 Å². The van der Waals surface area contributed by atoms with Gasteiger partial charge in [-0.25, -0.2) is 9.18 Å². The predicted molar refractivity (Wildman–Crippen MR) is 152 cm³/mol. The molecule has 5 nitrogen and oxygen atoms in total. The molecule has 0 unspecified atom stereocenters. The van der Waals surface area contributed by atoms with Crippen LogP contribution < -0.4 is 4.90 Å². The molecule has 3 aromatic rings. The van der Waals surface area contributed by atoms with Gasteiger partial charge in [0.15, 0.2) is 0 Å². The van der Waals surface area contributed by atoms with E-state index in [4.69, 9.17) is 0 Å². The lowest BCUT2D eigenvalue weighted by molar-refractivity contribution is 0.0697. The van der Waals surface area contributed by atoms with Gasteiger partial charge in [-0.15, -0.1) is 0 Å². The van der Waals surface area contributed by atoms with Crippen LogP contribution in [0.15, 0.2) is 53.9 Å². The van der Waals surface area contributed by atoms with Crippen LogP contribution in [0.1, 0.15) is 73.7 Å². The Balaban J connectivity index is 1.45. The van der Waals surface area contributed by atoms with Crippen molar-refractivity contribution in [3.8, 4) is 11.3 Å². The Morgan fingerprint density at radius 1 is 1.00 bits per heavy atom. The van der Waals surface area contributed by atoms with Crippen molar-refractivity contribution in [1.82, 2.24) is 9.47 Å². The number of hydrogen-bond donors (Lipinski definition) is 1. The Hall–Kier alpha value is -3.12. The molecule has 2 aromatic carbocycles. The van der Waals surface area contributed by atoms with E-state index in [1.54, 1.807) is 6.07 Å². The molecule has 0 radical (unpaired) electrons. The molecule has 38 heavy (non-hydrogen) atoms. The molecule has 6 heteroatoms. The molecule has 1 aromatic heterocycles. The molecule has 2 fully saturated rings. The number of carboxylic acid groups (broad SMARTS) is 1. The van der Waals surface area contributed by atoms with Crippen molar-refractivity contribution in [3.63, 3.8) is 0 Å². The standard InChI is InChI=1S/C32H38FN3O2/c1-2-34-16-14-22(15-17-34)27(33)21-35-18-19-36-29-20-24(32(37)38)12-13-25(29)30(23-8-4-3-5-9-23)31(36)26-10-6-7-11-28(26)35/h6-7,10-13,20,23H,2-5,8-9,14-19,21H2,1H3,(H,37,38). The van der Waals surface area contributed by atoms with E-state index in [9.17, 15) is 9.90 Å². The largest absolute Gasteiger partial charge is 0.478 e. The number of hydrogen-bond acceptors (Lipinski definition) is 3. The van der Waals surface area contributed by atoms with Crippen molar-refractivity contribution >= 4 is 22.6 Å². The second-order valence-electron chi connectivity index (χ2n) is 11.2. The zero-order chi connectivity index (χ0) is 26.2. The monoisotopic (exact) mass is 515 g/mol. The fourth-order valence-corrected chi connectivity index (χ4v) is 6.98. The van der Waals surface area contributed by atoms with Crippen molar-refractivity contribution in [3.05, 3.63) is 65.0 Å². The van der Waals surface area contributed by atoms with Gasteiger partial charge in [-0.3, -0.25) is 0 Å². The summed E-state index contributed by atoms with van der Waals surface area (Å²) in [6.45, 7) is 6.72. The zero-order valence-electron chi connectivity index (χ0n) is 22.4. The van der Waals surface area contributed by atoms with E-state index in [0.29, 0.717) is 31.1 Å². The maximum Gasteiger partial charge on any atom is 0.335 e. The van der Waals surface area contributed by atoms with Gasteiger partial charge in [0.25, 0.3) is 0 Å². The molecule has 0 spiro atoms. The van der Waals surface area contributed by atoms with E-state index < -0.39 is 5.97 Å². The number of para-hydroxylation sites is 1. The molecule has 200 valence electrons. The van der Waals surface area contributed by atoms with Crippen LogP contribution in [0.2, 0.25) is 0 Å². The summed E-state index contributed by atoms with van der Waals surface area (Å²) in [6, 6.07) is 14.1. The van der Waals surface area contributed by atoms with Crippen molar-refractivity contribution in [2.24, 2.45) is 0 Å². The molecule has 3 heterocycles. The summed E-state index contributed by atoms with van der Waals surface area (Å²) in [7, 11) is 0. The first-order valence-corrected chi connectivity index (χ1v) is 14.4. The number of aromatic carboxylic acids is 1. The predicted octanol–water partition coefficient (Wildman–Crippen LogP) is 7.21. The quantitative estimate of drug-likeness (QED) is 0.390. The van der Waals surface area contributed by atoms with Gasteiger partial charge in [0.1, 0.15) is 5.83 Å². The number of benzene rings is 2. The first kappa shape index (κ1) is 25.2. The summed E-state index contributed by atoms with van der Waals surface area (Å²) in [5.74, 6) is -0.423. The van der Waals surface area contributed by atoms with Crippen molar-refractivity contribution in [2.45, 2.75) is 64.3 Å². The molecule has 1 N–H and O–H groups in total. The first-order valence-electron chi connectivity index (χ1n) is 14.4. The van der Waals surface area contributed by atoms with E-state index >= 15 is 4.39 Å². The van der Waals surface area contributed by atoms with Gasteiger partial charge in [-0.2, -0.15) is 0 Å². The molecule has 0 atom stereocenters. The number of aromatic nitrogens is 1. The fraction of sp³-hybridized carbons (Fsp3) is 0.469. The van der Waals surface area contributed by atoms with Gasteiger partial charge < -0.3 is 19.5 Å². The highest BCUT2D eigenvalue weighted by Crippen LogP contribution is 2.47. The molecular formula is C32H38FN3O2. The highest BCUT2D eigenvalue weighted by Gasteiger charge is 2.31. The number of nitrogens with zero attached hydrogens (tertiary/aromatic N) is 3. The number of likely N-dealkylation sites (tertiary alicyclic amines) is 1. The SMILES string of the molecule is CCN1CCC(=C(F)CN2CCn3c(c(C4CCCCC4)c4ccc(C(=O)O)cc43)-c3ccccc32)CC1. The minimum atomic E-state index is -0.903. The lowest BCUT2D eigenvalue weighted by Gasteiger charge is -2.29. The van der Waals surface area contributed by atoms with E-state index in [1.165, 1.54) is 35.9 Å². The van der Waals surface area contributed by atoms with Crippen LogP contribution in [0.3, 0.4) is 0 Å². The van der Waals surface area contributed by atoms with Crippen LogP contribution in [0.5, 0.6) is 0 Å². The second-order valence-corrected chi connectivity index (χ2v) is 11.2. The smallest absolute Gasteiger partial charge is 0.335 e. The number of rotatable bonds is 5. The summed E-state index contributed by atoms with van der Waals surface area (Å²) in [6.07, 6.45) is 7.68. The third-order valence-electron chi connectivity index (χ3n) is 9.08. The summed E-state index contributed by atoms with van der Waals surface area (Å²) >= 11 is 0. The average molecular weight is 516 g/mol. The first-order chi connectivity index (χ1) is 18.5. The van der Waals surface area contributed by atoms with Crippen molar-refractivity contribution in [2.75, 3.05) is 37.6 Å². The number of fused-ring (bicyclic) bond motifs is 5. The molecule has 1 saturated carbocycles. The molecular weight excluding hydrogens is 477 g/mol. The second kappa shape index (κ2) is 10.6. The van der Waals surface area contributed by atoms with Crippen molar-refractivity contribution in [1.29, 1.82) is 0 Å². The number of carboxylic acids is 1. The highest BCUT2D eigenvalue weighted by molar-refractivity contribution is 5.99. The van der Waals surface area contributed by atoms with Gasteiger partial charge >= 0.3 is 5.97 Å². The Labute approximate surface area is 224 Å². The van der Waals surface area contributed by atoms with E-state index in [1.807, 2.05) is 12.1 Å². The highest BCUT2D eigenvalue weighted by atomic mass is 19.1. The molecule has 2 aliphatic heterocycles. The Morgan fingerprint density at radius 3 is 2.50 bits per heavy atom. The van der Waals surface area contributed by atoms with Gasteiger partial charge in [-0.05, 0) is 67.5 Å². The molecule has 1 saturated heterocycles. The summed E-state index contributed by atoms with van der Waals surface area (Å²) in [5.41, 5.74) is 7.05. The van der Waals surface area contributed by atoms with Crippen LogP contribution in [0, 0.1) is 0 Å². The van der Waals surface area contributed by atoms with E-state index in [0.717, 1.165) is 67.7 Å². The van der Waals surface area contributed by atoms with Crippen LogP contribution >= 0.6 is 0 Å². The molecule has 3 aliphatic rings. The van der Waals surface area contributed by atoms with E-state index in [-0.39, 0.29) is 5.83 Å². The topological polar surface area (TPSA) is 48.7 Å². The lowest BCUT2D eigenvalue weighted by atomic mass is 9.81. The Bertz CT molecular complexity index is 1370. The van der Waals surface area contributed by atoms with Gasteiger partial charge in [0.2, 0.25) is 0 Å². The summed E-state index contributed by atoms with van der Waals surface area (Å²) < 4.78 is 18.0.